The normalized spacial score (nSPS) is 10.3. The molecule has 0 atom stereocenters. The largest absolute Gasteiger partial charge is 0.361 e. The van der Waals surface area contributed by atoms with E-state index >= 15 is 0 Å². The Morgan fingerprint density at radius 3 is 2.26 bits per heavy atom. The fourth-order valence-corrected chi connectivity index (χ4v) is 2.42. The second-order valence-electron chi connectivity index (χ2n) is 5.65. The highest BCUT2D eigenvalue weighted by atomic mass is 35.5. The number of nitrogens with one attached hydrogen (secondary N) is 2. The van der Waals surface area contributed by atoms with Crippen LogP contribution in [0.25, 0.3) is 11.1 Å². The van der Waals surface area contributed by atoms with Gasteiger partial charge in [-0.3, -0.25) is 14.4 Å². The van der Waals surface area contributed by atoms with Crippen LogP contribution in [0.1, 0.15) is 5.56 Å². The summed E-state index contributed by atoms with van der Waals surface area (Å²) in [5, 5.41) is 4.91. The molecule has 2 aromatic rings. The summed E-state index contributed by atoms with van der Waals surface area (Å²) in [4.78, 5) is 33.2. The first-order valence-corrected chi connectivity index (χ1v) is 8.47. The topological polar surface area (TPSA) is 101 Å². The van der Waals surface area contributed by atoms with Gasteiger partial charge in [0.15, 0.2) is 0 Å². The third-order valence-corrected chi connectivity index (χ3v) is 3.95. The molecule has 4 N–H and O–H groups in total. The first-order chi connectivity index (χ1) is 12.9. The first kappa shape index (κ1) is 20.4. The maximum atomic E-state index is 13.2. The number of nitrogens with two attached hydrogens (primary N) is 1. The maximum Gasteiger partial charge on any atom is 0.309 e. The van der Waals surface area contributed by atoms with E-state index in [2.05, 4.69) is 10.6 Å². The van der Waals surface area contributed by atoms with Crippen molar-refractivity contribution in [3.63, 3.8) is 0 Å². The van der Waals surface area contributed by atoms with Crippen LogP contribution in [0.3, 0.4) is 0 Å². The fraction of sp³-hybridized carbons (Fsp3) is 0.158. The summed E-state index contributed by atoms with van der Waals surface area (Å²) in [5.41, 5.74) is 7.39. The lowest BCUT2D eigenvalue weighted by atomic mass is 10.0. The standard InChI is InChI=1S/C19H18ClFN3O3/c20-15-11-14(6-7-16(15)21)13-4-1-12(2-5-13)3-8-17(25)23-9-10-24-19(27)18(22)26/h1-2,4-8,11H,3,9-10H2,(H2,22,26)(H,23,25)(H,24,27). The molecule has 0 heterocycles. The molecule has 0 saturated heterocycles. The van der Waals surface area contributed by atoms with Crippen LogP contribution in [0.5, 0.6) is 0 Å². The van der Waals surface area contributed by atoms with Gasteiger partial charge in [-0.2, -0.15) is 0 Å². The molecule has 1 radical (unpaired) electrons. The van der Waals surface area contributed by atoms with E-state index < -0.39 is 17.6 Å². The zero-order chi connectivity index (χ0) is 19.8. The SMILES string of the molecule is NC(=O)C(=O)NCCNC(=O)[CH]Cc1ccc(-c2ccc(F)c(Cl)c2)cc1. The Bertz CT molecular complexity index is 841. The summed E-state index contributed by atoms with van der Waals surface area (Å²) in [6, 6.07) is 12.0. The van der Waals surface area contributed by atoms with E-state index in [1.807, 2.05) is 24.3 Å². The molecule has 0 aliphatic heterocycles. The first-order valence-electron chi connectivity index (χ1n) is 8.10. The zero-order valence-corrected chi connectivity index (χ0v) is 15.1. The number of carbonyl (C=O) groups is 3. The average molecular weight is 391 g/mol. The second kappa shape index (κ2) is 9.68. The van der Waals surface area contributed by atoms with Crippen LogP contribution in [-0.4, -0.2) is 30.8 Å². The van der Waals surface area contributed by atoms with E-state index in [4.69, 9.17) is 17.3 Å². The molecule has 27 heavy (non-hydrogen) atoms. The molecule has 0 spiro atoms. The number of halogens is 2. The van der Waals surface area contributed by atoms with Crippen molar-refractivity contribution in [2.45, 2.75) is 6.42 Å². The van der Waals surface area contributed by atoms with Crippen LogP contribution in [0.4, 0.5) is 4.39 Å². The Hall–Kier alpha value is -2.93. The number of rotatable bonds is 7. The molecule has 0 unspecified atom stereocenters. The van der Waals surface area contributed by atoms with Crippen molar-refractivity contribution >= 4 is 29.3 Å². The summed E-state index contributed by atoms with van der Waals surface area (Å²) in [5.74, 6) is -2.72. The third-order valence-electron chi connectivity index (χ3n) is 3.66. The molecular formula is C19H18ClFN3O3. The minimum Gasteiger partial charge on any atom is -0.361 e. The van der Waals surface area contributed by atoms with Gasteiger partial charge in [-0.1, -0.05) is 41.9 Å². The predicted molar refractivity (Wildman–Crippen MR) is 100 cm³/mol. The number of hydrogen-bond acceptors (Lipinski definition) is 3. The van der Waals surface area contributed by atoms with Crippen molar-refractivity contribution in [2.24, 2.45) is 5.73 Å². The van der Waals surface area contributed by atoms with Crippen LogP contribution in [-0.2, 0) is 20.8 Å². The van der Waals surface area contributed by atoms with Crippen molar-refractivity contribution in [3.05, 3.63) is 65.3 Å². The summed E-state index contributed by atoms with van der Waals surface area (Å²) in [6.45, 7) is 0.287. The van der Waals surface area contributed by atoms with E-state index in [0.717, 1.165) is 16.7 Å². The summed E-state index contributed by atoms with van der Waals surface area (Å²) in [6.07, 6.45) is 1.89. The van der Waals surface area contributed by atoms with E-state index in [1.165, 1.54) is 12.5 Å². The van der Waals surface area contributed by atoms with Crippen LogP contribution in [0.15, 0.2) is 42.5 Å². The van der Waals surface area contributed by atoms with Crippen molar-refractivity contribution in [1.82, 2.24) is 10.6 Å². The lowest BCUT2D eigenvalue weighted by Crippen LogP contribution is -2.40. The molecule has 6 nitrogen and oxygen atoms in total. The van der Waals surface area contributed by atoms with Gasteiger partial charge in [0.2, 0.25) is 5.91 Å². The molecule has 3 amide bonds. The van der Waals surface area contributed by atoms with Gasteiger partial charge >= 0.3 is 11.8 Å². The predicted octanol–water partition coefficient (Wildman–Crippen LogP) is 1.61. The van der Waals surface area contributed by atoms with Crippen LogP contribution >= 0.6 is 11.6 Å². The molecule has 2 rings (SSSR count). The monoisotopic (exact) mass is 390 g/mol. The van der Waals surface area contributed by atoms with Crippen molar-refractivity contribution in [3.8, 4) is 11.1 Å². The maximum absolute atomic E-state index is 13.2. The Morgan fingerprint density at radius 1 is 1.00 bits per heavy atom. The number of amides is 3. The van der Waals surface area contributed by atoms with Crippen molar-refractivity contribution < 1.29 is 18.8 Å². The Morgan fingerprint density at radius 2 is 1.63 bits per heavy atom. The minimum atomic E-state index is -1.07. The van der Waals surface area contributed by atoms with Gasteiger partial charge in [0.1, 0.15) is 5.82 Å². The number of primary amides is 1. The fourth-order valence-electron chi connectivity index (χ4n) is 2.24. The Labute approximate surface area is 160 Å². The summed E-state index contributed by atoms with van der Waals surface area (Å²) in [7, 11) is 0. The van der Waals surface area contributed by atoms with Crippen LogP contribution < -0.4 is 16.4 Å². The van der Waals surface area contributed by atoms with E-state index in [-0.39, 0.29) is 24.0 Å². The molecule has 2 aromatic carbocycles. The summed E-state index contributed by atoms with van der Waals surface area (Å²) < 4.78 is 13.2. The van der Waals surface area contributed by atoms with Gasteiger partial charge in [-0.15, -0.1) is 0 Å². The molecule has 0 saturated carbocycles. The van der Waals surface area contributed by atoms with Gasteiger partial charge in [-0.05, 0) is 35.2 Å². The van der Waals surface area contributed by atoms with E-state index in [0.29, 0.717) is 6.42 Å². The number of hydrogen-bond donors (Lipinski definition) is 3. The smallest absolute Gasteiger partial charge is 0.309 e. The highest BCUT2D eigenvalue weighted by Crippen LogP contribution is 2.25. The highest BCUT2D eigenvalue weighted by Gasteiger charge is 2.08. The lowest BCUT2D eigenvalue weighted by Gasteiger charge is -2.07. The van der Waals surface area contributed by atoms with Crippen molar-refractivity contribution in [2.75, 3.05) is 13.1 Å². The minimum absolute atomic E-state index is 0.0635. The molecule has 0 aromatic heterocycles. The van der Waals surface area contributed by atoms with E-state index in [1.54, 1.807) is 12.1 Å². The van der Waals surface area contributed by atoms with Gasteiger partial charge in [0, 0.05) is 13.1 Å². The molecule has 0 aliphatic carbocycles. The molecule has 0 fully saturated rings. The lowest BCUT2D eigenvalue weighted by molar-refractivity contribution is -0.137. The number of carbonyl (C=O) groups excluding carboxylic acids is 3. The average Bonchev–Trinajstić information content (AvgIpc) is 2.66. The van der Waals surface area contributed by atoms with Crippen LogP contribution in [0.2, 0.25) is 5.02 Å². The third kappa shape index (κ3) is 6.38. The van der Waals surface area contributed by atoms with Gasteiger partial charge in [0.25, 0.3) is 0 Å². The van der Waals surface area contributed by atoms with E-state index in [9.17, 15) is 18.8 Å². The van der Waals surface area contributed by atoms with Gasteiger partial charge in [0.05, 0.1) is 11.4 Å². The van der Waals surface area contributed by atoms with Crippen LogP contribution in [0, 0.1) is 12.2 Å². The van der Waals surface area contributed by atoms with Crippen molar-refractivity contribution in [1.29, 1.82) is 0 Å². The Balaban J connectivity index is 1.77. The highest BCUT2D eigenvalue weighted by molar-refractivity contribution is 6.34. The Kier molecular flexibility index (Phi) is 7.31. The molecule has 0 aliphatic rings. The molecule has 0 bridgehead atoms. The van der Waals surface area contributed by atoms with Gasteiger partial charge < -0.3 is 16.4 Å². The summed E-state index contributed by atoms with van der Waals surface area (Å²) >= 11 is 5.79. The zero-order valence-electron chi connectivity index (χ0n) is 14.3. The quantitative estimate of drug-likeness (QED) is 0.494. The number of benzene rings is 2. The second-order valence-corrected chi connectivity index (χ2v) is 6.05. The molecule has 8 heteroatoms. The molecular weight excluding hydrogens is 373 g/mol. The molecule has 141 valence electrons. The van der Waals surface area contributed by atoms with Gasteiger partial charge in [-0.25, -0.2) is 4.39 Å².